The summed E-state index contributed by atoms with van der Waals surface area (Å²) in [5, 5.41) is 15.9. The Bertz CT molecular complexity index is 521. The number of aromatic amines is 2. The molecule has 5 N–H and O–H groups in total. The van der Waals surface area contributed by atoms with Crippen molar-refractivity contribution in [2.45, 2.75) is 20.4 Å². The molecule has 0 spiro atoms. The Hall–Kier alpha value is -2.31. The summed E-state index contributed by atoms with van der Waals surface area (Å²) in [4.78, 5) is 11.9. The lowest BCUT2D eigenvalue weighted by Gasteiger charge is -2.04. The molecule has 2 aromatic rings. The van der Waals surface area contributed by atoms with Crippen molar-refractivity contribution in [3.05, 3.63) is 28.7 Å². The van der Waals surface area contributed by atoms with Crippen LogP contribution in [0, 0.1) is 13.8 Å². The van der Waals surface area contributed by atoms with Gasteiger partial charge >= 0.3 is 0 Å². The van der Waals surface area contributed by atoms with E-state index in [0.717, 1.165) is 11.3 Å². The average Bonchev–Trinajstić information content (AvgIpc) is 2.83. The summed E-state index contributed by atoms with van der Waals surface area (Å²) in [7, 11) is 0. The molecule has 90 valence electrons. The highest BCUT2D eigenvalue weighted by atomic mass is 16.1. The van der Waals surface area contributed by atoms with Gasteiger partial charge in [0.05, 0.1) is 17.5 Å². The number of hydrogen-bond acceptors (Lipinski definition) is 4. The van der Waals surface area contributed by atoms with E-state index in [-0.39, 0.29) is 5.91 Å². The first-order chi connectivity index (χ1) is 8.09. The van der Waals surface area contributed by atoms with Crippen molar-refractivity contribution in [2.24, 2.45) is 0 Å². The largest absolute Gasteiger partial charge is 0.384 e. The Morgan fingerprint density at radius 2 is 2.24 bits per heavy atom. The van der Waals surface area contributed by atoms with Gasteiger partial charge in [0.2, 0.25) is 0 Å². The monoisotopic (exact) mass is 234 g/mol. The van der Waals surface area contributed by atoms with Crippen molar-refractivity contribution >= 4 is 11.7 Å². The lowest BCUT2D eigenvalue weighted by Crippen LogP contribution is -2.24. The molecule has 7 nitrogen and oxygen atoms in total. The van der Waals surface area contributed by atoms with Gasteiger partial charge in [-0.1, -0.05) is 0 Å². The van der Waals surface area contributed by atoms with E-state index in [0.29, 0.717) is 23.6 Å². The molecule has 0 bridgehead atoms. The lowest BCUT2D eigenvalue weighted by molar-refractivity contribution is 0.0950. The molecule has 0 unspecified atom stereocenters. The van der Waals surface area contributed by atoms with Crippen LogP contribution in [-0.4, -0.2) is 26.3 Å². The SMILES string of the molecule is Cc1n[nH]c(C)c1C(=O)NCc1cn[nH]c1N. The number of hydrogen-bond donors (Lipinski definition) is 4. The first-order valence-electron chi connectivity index (χ1n) is 5.17. The molecule has 17 heavy (non-hydrogen) atoms. The number of aryl methyl sites for hydroxylation is 2. The predicted octanol–water partition coefficient (Wildman–Crippen LogP) is 0.262. The molecular formula is C10H14N6O. The van der Waals surface area contributed by atoms with Gasteiger partial charge in [-0.25, -0.2) is 0 Å². The second-order valence-electron chi connectivity index (χ2n) is 3.80. The molecule has 0 aliphatic rings. The number of carbonyl (C=O) groups excluding carboxylic acids is 1. The van der Waals surface area contributed by atoms with Crippen LogP contribution < -0.4 is 11.1 Å². The molecule has 1 amide bonds. The van der Waals surface area contributed by atoms with Gasteiger partial charge in [-0.05, 0) is 13.8 Å². The quantitative estimate of drug-likeness (QED) is 0.610. The Labute approximate surface area is 97.8 Å². The third-order valence-corrected chi connectivity index (χ3v) is 2.55. The molecule has 0 radical (unpaired) electrons. The van der Waals surface area contributed by atoms with Gasteiger partial charge in [-0.3, -0.25) is 15.0 Å². The molecule has 0 aliphatic carbocycles. The van der Waals surface area contributed by atoms with Crippen molar-refractivity contribution in [1.29, 1.82) is 0 Å². The fourth-order valence-corrected chi connectivity index (χ4v) is 1.61. The van der Waals surface area contributed by atoms with E-state index in [1.54, 1.807) is 20.0 Å². The molecule has 0 aromatic carbocycles. The predicted molar refractivity (Wildman–Crippen MR) is 62.2 cm³/mol. The Morgan fingerprint density at radius 3 is 2.76 bits per heavy atom. The molecule has 7 heteroatoms. The minimum atomic E-state index is -0.172. The molecular weight excluding hydrogens is 220 g/mol. The number of nitrogen functional groups attached to an aromatic ring is 1. The van der Waals surface area contributed by atoms with Gasteiger partial charge in [0.1, 0.15) is 5.82 Å². The van der Waals surface area contributed by atoms with Crippen LogP contribution >= 0.6 is 0 Å². The first-order valence-corrected chi connectivity index (χ1v) is 5.17. The number of nitrogens with two attached hydrogens (primary N) is 1. The minimum Gasteiger partial charge on any atom is -0.384 e. The third kappa shape index (κ3) is 2.12. The summed E-state index contributed by atoms with van der Waals surface area (Å²) in [6, 6.07) is 0. The zero-order valence-electron chi connectivity index (χ0n) is 9.66. The maximum absolute atomic E-state index is 11.9. The van der Waals surface area contributed by atoms with Crippen LogP contribution in [0.15, 0.2) is 6.20 Å². The highest BCUT2D eigenvalue weighted by Gasteiger charge is 2.15. The van der Waals surface area contributed by atoms with E-state index in [2.05, 4.69) is 25.7 Å². The number of rotatable bonds is 3. The highest BCUT2D eigenvalue weighted by Crippen LogP contribution is 2.10. The second kappa shape index (κ2) is 4.28. The van der Waals surface area contributed by atoms with Crippen LogP contribution in [0.3, 0.4) is 0 Å². The smallest absolute Gasteiger partial charge is 0.255 e. The second-order valence-corrected chi connectivity index (χ2v) is 3.80. The van der Waals surface area contributed by atoms with Crippen molar-refractivity contribution in [2.75, 3.05) is 5.73 Å². The Kier molecular flexibility index (Phi) is 2.82. The topological polar surface area (TPSA) is 112 Å². The van der Waals surface area contributed by atoms with Gasteiger partial charge in [0.25, 0.3) is 5.91 Å². The van der Waals surface area contributed by atoms with Crippen molar-refractivity contribution in [3.8, 4) is 0 Å². The normalized spacial score (nSPS) is 10.5. The maximum atomic E-state index is 11.9. The van der Waals surface area contributed by atoms with E-state index in [9.17, 15) is 4.79 Å². The number of nitrogens with one attached hydrogen (secondary N) is 3. The number of carbonyl (C=O) groups is 1. The van der Waals surface area contributed by atoms with E-state index in [1.165, 1.54) is 0 Å². The highest BCUT2D eigenvalue weighted by molar-refractivity contribution is 5.96. The van der Waals surface area contributed by atoms with Crippen LogP contribution in [0.25, 0.3) is 0 Å². The fraction of sp³-hybridized carbons (Fsp3) is 0.300. The molecule has 0 atom stereocenters. The molecule has 0 saturated carbocycles. The first kappa shape index (κ1) is 11.2. The molecule has 2 aromatic heterocycles. The van der Waals surface area contributed by atoms with E-state index in [4.69, 9.17) is 5.73 Å². The molecule has 0 fully saturated rings. The van der Waals surface area contributed by atoms with Crippen LogP contribution in [0.5, 0.6) is 0 Å². The zero-order chi connectivity index (χ0) is 12.4. The van der Waals surface area contributed by atoms with Crippen LogP contribution in [0.1, 0.15) is 27.3 Å². The summed E-state index contributed by atoms with van der Waals surface area (Å²) in [5.41, 5.74) is 8.39. The number of anilines is 1. The van der Waals surface area contributed by atoms with Gasteiger partial charge in [0.15, 0.2) is 0 Å². The summed E-state index contributed by atoms with van der Waals surface area (Å²) < 4.78 is 0. The lowest BCUT2D eigenvalue weighted by atomic mass is 10.2. The number of aromatic nitrogens is 4. The van der Waals surface area contributed by atoms with Crippen LogP contribution in [0.2, 0.25) is 0 Å². The molecule has 0 saturated heterocycles. The maximum Gasteiger partial charge on any atom is 0.255 e. The zero-order valence-corrected chi connectivity index (χ0v) is 9.66. The molecule has 2 rings (SSSR count). The van der Waals surface area contributed by atoms with E-state index >= 15 is 0 Å². The van der Waals surface area contributed by atoms with Crippen LogP contribution in [0.4, 0.5) is 5.82 Å². The average molecular weight is 234 g/mol. The Balaban J connectivity index is 2.06. The fourth-order valence-electron chi connectivity index (χ4n) is 1.61. The number of amides is 1. The standard InChI is InChI=1S/C10H14N6O/c1-5-8(6(2)15-14-5)10(17)12-3-7-4-13-16-9(7)11/h4H,3H2,1-2H3,(H,12,17)(H,14,15)(H3,11,13,16). The molecule has 0 aliphatic heterocycles. The van der Waals surface area contributed by atoms with E-state index < -0.39 is 0 Å². The Morgan fingerprint density at radius 1 is 1.47 bits per heavy atom. The van der Waals surface area contributed by atoms with Crippen molar-refractivity contribution in [3.63, 3.8) is 0 Å². The van der Waals surface area contributed by atoms with Crippen molar-refractivity contribution in [1.82, 2.24) is 25.7 Å². The molecule has 2 heterocycles. The summed E-state index contributed by atoms with van der Waals surface area (Å²) in [6.07, 6.45) is 1.59. The van der Waals surface area contributed by atoms with Gasteiger partial charge in [-0.2, -0.15) is 10.2 Å². The van der Waals surface area contributed by atoms with Gasteiger partial charge < -0.3 is 11.1 Å². The summed E-state index contributed by atoms with van der Waals surface area (Å²) >= 11 is 0. The summed E-state index contributed by atoms with van der Waals surface area (Å²) in [5.74, 6) is 0.292. The van der Waals surface area contributed by atoms with Crippen LogP contribution in [-0.2, 0) is 6.54 Å². The summed E-state index contributed by atoms with van der Waals surface area (Å²) in [6.45, 7) is 3.93. The number of H-pyrrole nitrogens is 2. The van der Waals surface area contributed by atoms with Gasteiger partial charge in [-0.15, -0.1) is 0 Å². The van der Waals surface area contributed by atoms with Gasteiger partial charge in [0, 0.05) is 17.8 Å². The third-order valence-electron chi connectivity index (χ3n) is 2.55. The van der Waals surface area contributed by atoms with Crippen molar-refractivity contribution < 1.29 is 4.79 Å². The minimum absolute atomic E-state index is 0.172. The number of nitrogens with zero attached hydrogens (tertiary/aromatic N) is 2. The van der Waals surface area contributed by atoms with E-state index in [1.807, 2.05) is 0 Å².